The van der Waals surface area contributed by atoms with Crippen molar-refractivity contribution in [1.82, 2.24) is 10.2 Å². The van der Waals surface area contributed by atoms with Crippen LogP contribution < -0.4 is 5.32 Å². The average molecular weight is 366 g/mol. The van der Waals surface area contributed by atoms with Gasteiger partial charge in [-0.05, 0) is 29.1 Å². The fourth-order valence-electron chi connectivity index (χ4n) is 2.59. The zero-order chi connectivity index (χ0) is 13.1. The molecule has 1 fully saturated rings. The molecule has 2 aromatic rings. The fraction of sp³-hybridized carbons (Fsp3) is 0.333. The third-order valence-electron chi connectivity index (χ3n) is 3.52. The molecule has 21 heavy (non-hydrogen) atoms. The Balaban J connectivity index is 0.00000110. The lowest BCUT2D eigenvalue weighted by Crippen LogP contribution is -2.45. The van der Waals surface area contributed by atoms with E-state index in [9.17, 15) is 0 Å². The largest absolute Gasteiger partial charge is 0.314 e. The molecular formula is C15H19Cl3N2S. The lowest BCUT2D eigenvalue weighted by Gasteiger charge is -2.34. The standard InChI is InChI=1S/C15H17ClN2S.2ClH/c16-13-5-3-12(4-6-13)15(14-2-1-11-19-14)18-9-7-17-8-10-18;;/h1-6,11,15,17H,7-10H2;2*1H/t15-;;/m0../s1. The van der Waals surface area contributed by atoms with Gasteiger partial charge in [-0.1, -0.05) is 29.8 Å². The van der Waals surface area contributed by atoms with E-state index in [1.165, 1.54) is 10.4 Å². The van der Waals surface area contributed by atoms with E-state index in [0.717, 1.165) is 31.2 Å². The highest BCUT2D eigenvalue weighted by molar-refractivity contribution is 7.10. The van der Waals surface area contributed by atoms with Gasteiger partial charge in [0.05, 0.1) is 6.04 Å². The van der Waals surface area contributed by atoms with Crippen LogP contribution in [-0.2, 0) is 0 Å². The van der Waals surface area contributed by atoms with Gasteiger partial charge in [-0.25, -0.2) is 0 Å². The number of nitrogens with zero attached hydrogens (tertiary/aromatic N) is 1. The van der Waals surface area contributed by atoms with E-state index in [2.05, 4.69) is 39.9 Å². The minimum atomic E-state index is 0. The second-order valence-corrected chi connectivity index (χ2v) is 6.17. The fourth-order valence-corrected chi connectivity index (χ4v) is 3.60. The molecule has 3 rings (SSSR count). The summed E-state index contributed by atoms with van der Waals surface area (Å²) >= 11 is 7.83. The Labute approximate surface area is 147 Å². The van der Waals surface area contributed by atoms with Crippen LogP contribution in [0.15, 0.2) is 41.8 Å². The summed E-state index contributed by atoms with van der Waals surface area (Å²) in [5, 5.41) is 6.37. The second kappa shape index (κ2) is 8.99. The highest BCUT2D eigenvalue weighted by Gasteiger charge is 2.24. The van der Waals surface area contributed by atoms with Crippen LogP contribution in [0.4, 0.5) is 0 Å². The summed E-state index contributed by atoms with van der Waals surface area (Å²) in [4.78, 5) is 3.95. The molecule has 2 nitrogen and oxygen atoms in total. The number of piperazine rings is 1. The topological polar surface area (TPSA) is 15.3 Å². The first-order valence-corrected chi connectivity index (χ1v) is 7.84. The highest BCUT2D eigenvalue weighted by atomic mass is 35.5. The Hall–Kier alpha value is -0.290. The van der Waals surface area contributed by atoms with Crippen LogP contribution >= 0.6 is 47.8 Å². The van der Waals surface area contributed by atoms with E-state index in [-0.39, 0.29) is 24.8 Å². The molecule has 0 bridgehead atoms. The minimum Gasteiger partial charge on any atom is -0.314 e. The summed E-state index contributed by atoms with van der Waals surface area (Å²) in [6, 6.07) is 13.0. The number of hydrogen-bond donors (Lipinski definition) is 1. The maximum absolute atomic E-state index is 6.01. The van der Waals surface area contributed by atoms with E-state index in [1.54, 1.807) is 0 Å². The van der Waals surface area contributed by atoms with Gasteiger partial charge >= 0.3 is 0 Å². The van der Waals surface area contributed by atoms with Gasteiger partial charge in [0.25, 0.3) is 0 Å². The maximum atomic E-state index is 6.01. The summed E-state index contributed by atoms with van der Waals surface area (Å²) in [6.45, 7) is 4.31. The third-order valence-corrected chi connectivity index (χ3v) is 4.69. The summed E-state index contributed by atoms with van der Waals surface area (Å²) in [5.41, 5.74) is 1.33. The molecule has 1 aliphatic heterocycles. The minimum absolute atomic E-state index is 0. The molecule has 1 aromatic heterocycles. The third kappa shape index (κ3) is 4.59. The Kier molecular flexibility index (Phi) is 8.03. The molecule has 2 heterocycles. The first-order valence-electron chi connectivity index (χ1n) is 6.58. The van der Waals surface area contributed by atoms with Gasteiger partial charge < -0.3 is 5.32 Å². The van der Waals surface area contributed by atoms with Crippen molar-refractivity contribution in [2.75, 3.05) is 26.2 Å². The monoisotopic (exact) mass is 364 g/mol. The number of benzene rings is 1. The van der Waals surface area contributed by atoms with Crippen molar-refractivity contribution < 1.29 is 0 Å². The molecule has 0 aliphatic carbocycles. The molecule has 1 aliphatic rings. The molecule has 0 amide bonds. The van der Waals surface area contributed by atoms with Crippen LogP contribution in [0.2, 0.25) is 5.02 Å². The summed E-state index contributed by atoms with van der Waals surface area (Å²) in [7, 11) is 0. The van der Waals surface area contributed by atoms with Crippen molar-refractivity contribution >= 4 is 47.8 Å². The zero-order valence-corrected chi connectivity index (χ0v) is 14.7. The molecule has 1 N–H and O–H groups in total. The Morgan fingerprint density at radius 3 is 2.29 bits per heavy atom. The number of thiophene rings is 1. The molecule has 0 radical (unpaired) electrons. The summed E-state index contributed by atoms with van der Waals surface area (Å²) < 4.78 is 0. The van der Waals surface area contributed by atoms with Crippen LogP contribution in [0.1, 0.15) is 16.5 Å². The van der Waals surface area contributed by atoms with Crippen LogP contribution in [-0.4, -0.2) is 31.1 Å². The Morgan fingerprint density at radius 1 is 1.05 bits per heavy atom. The Morgan fingerprint density at radius 2 is 1.71 bits per heavy atom. The number of rotatable bonds is 3. The number of halogens is 3. The van der Waals surface area contributed by atoms with Crippen molar-refractivity contribution in [1.29, 1.82) is 0 Å². The van der Waals surface area contributed by atoms with E-state index in [0.29, 0.717) is 6.04 Å². The summed E-state index contributed by atoms with van der Waals surface area (Å²) in [6.07, 6.45) is 0. The SMILES string of the molecule is Cl.Cl.Clc1ccc([C@@H](c2cccs2)N2CCNCC2)cc1. The first kappa shape index (κ1) is 18.8. The molecule has 1 saturated heterocycles. The quantitative estimate of drug-likeness (QED) is 0.875. The molecular weight excluding hydrogens is 347 g/mol. The van der Waals surface area contributed by atoms with Crippen LogP contribution in [0.25, 0.3) is 0 Å². The van der Waals surface area contributed by atoms with Gasteiger partial charge in [-0.3, -0.25) is 4.90 Å². The highest BCUT2D eigenvalue weighted by Crippen LogP contribution is 2.32. The van der Waals surface area contributed by atoms with Crippen LogP contribution in [0.3, 0.4) is 0 Å². The molecule has 0 spiro atoms. The van der Waals surface area contributed by atoms with Gasteiger partial charge in [0.1, 0.15) is 0 Å². The van der Waals surface area contributed by atoms with Gasteiger partial charge in [0.15, 0.2) is 0 Å². The van der Waals surface area contributed by atoms with Crippen molar-refractivity contribution in [2.24, 2.45) is 0 Å². The second-order valence-electron chi connectivity index (χ2n) is 4.76. The maximum Gasteiger partial charge on any atom is 0.0696 e. The van der Waals surface area contributed by atoms with E-state index >= 15 is 0 Å². The van der Waals surface area contributed by atoms with Crippen molar-refractivity contribution in [3.05, 3.63) is 57.2 Å². The molecule has 0 saturated carbocycles. The molecule has 1 aromatic carbocycles. The molecule has 116 valence electrons. The first-order chi connectivity index (χ1) is 9.34. The lowest BCUT2D eigenvalue weighted by atomic mass is 10.0. The van der Waals surface area contributed by atoms with Gasteiger partial charge in [-0.15, -0.1) is 36.2 Å². The zero-order valence-electron chi connectivity index (χ0n) is 11.5. The molecule has 0 unspecified atom stereocenters. The number of nitrogens with one attached hydrogen (secondary N) is 1. The van der Waals surface area contributed by atoms with E-state index in [4.69, 9.17) is 11.6 Å². The van der Waals surface area contributed by atoms with Gasteiger partial charge in [0, 0.05) is 36.1 Å². The predicted octanol–water partition coefficient (Wildman–Crippen LogP) is 4.24. The van der Waals surface area contributed by atoms with Gasteiger partial charge in [0.2, 0.25) is 0 Å². The van der Waals surface area contributed by atoms with Crippen molar-refractivity contribution in [3.63, 3.8) is 0 Å². The van der Waals surface area contributed by atoms with Crippen molar-refractivity contribution in [3.8, 4) is 0 Å². The smallest absolute Gasteiger partial charge is 0.0696 e. The molecule has 6 heteroatoms. The van der Waals surface area contributed by atoms with Crippen LogP contribution in [0.5, 0.6) is 0 Å². The number of hydrogen-bond acceptors (Lipinski definition) is 3. The normalized spacial score (nSPS) is 16.6. The molecule has 1 atom stereocenters. The average Bonchev–Trinajstić information content (AvgIpc) is 2.96. The van der Waals surface area contributed by atoms with Crippen molar-refractivity contribution in [2.45, 2.75) is 6.04 Å². The van der Waals surface area contributed by atoms with E-state index in [1.807, 2.05) is 23.5 Å². The lowest BCUT2D eigenvalue weighted by molar-refractivity contribution is 0.200. The predicted molar refractivity (Wildman–Crippen MR) is 96.6 cm³/mol. The van der Waals surface area contributed by atoms with E-state index < -0.39 is 0 Å². The van der Waals surface area contributed by atoms with Gasteiger partial charge in [-0.2, -0.15) is 0 Å². The Bertz CT molecular complexity index is 510. The van der Waals surface area contributed by atoms with Crippen LogP contribution in [0, 0.1) is 0 Å². The summed E-state index contributed by atoms with van der Waals surface area (Å²) in [5.74, 6) is 0.